The number of aliphatic hydroxyl groups is 1. The first-order chi connectivity index (χ1) is 8.92. The van der Waals surface area contributed by atoms with Crippen molar-refractivity contribution >= 4 is 10.0 Å². The normalized spacial score (nSPS) is 34.0. The second kappa shape index (κ2) is 6.10. The third-order valence-electron chi connectivity index (χ3n) is 4.43. The van der Waals surface area contributed by atoms with Gasteiger partial charge in [-0.05, 0) is 31.6 Å². The average Bonchev–Trinajstić information content (AvgIpc) is 2.77. The van der Waals surface area contributed by atoms with Gasteiger partial charge in [0.25, 0.3) is 0 Å². The molecular formula is C14H27NO3S. The fourth-order valence-corrected chi connectivity index (χ4v) is 5.76. The smallest absolute Gasteiger partial charge is 0.214 e. The Morgan fingerprint density at radius 3 is 2.47 bits per heavy atom. The maximum atomic E-state index is 12.4. The van der Waals surface area contributed by atoms with Gasteiger partial charge in [0.05, 0.1) is 11.9 Å². The molecule has 1 aliphatic heterocycles. The Labute approximate surface area is 117 Å². The summed E-state index contributed by atoms with van der Waals surface area (Å²) < 4.78 is 26.6. The van der Waals surface area contributed by atoms with Gasteiger partial charge in [-0.1, -0.05) is 26.7 Å². The lowest BCUT2D eigenvalue weighted by molar-refractivity contribution is 0.0386. The lowest BCUT2D eigenvalue weighted by Crippen LogP contribution is -2.46. The third-order valence-corrected chi connectivity index (χ3v) is 6.68. The summed E-state index contributed by atoms with van der Waals surface area (Å²) in [4.78, 5) is 0. The molecule has 0 aromatic rings. The quantitative estimate of drug-likeness (QED) is 0.861. The van der Waals surface area contributed by atoms with E-state index in [0.29, 0.717) is 6.54 Å². The Kier molecular flexibility index (Phi) is 4.90. The summed E-state index contributed by atoms with van der Waals surface area (Å²) in [7, 11) is -3.16. The van der Waals surface area contributed by atoms with E-state index in [1.807, 2.05) is 13.8 Å². The van der Waals surface area contributed by atoms with E-state index in [0.717, 1.165) is 38.5 Å². The molecule has 2 fully saturated rings. The third kappa shape index (κ3) is 3.50. The summed E-state index contributed by atoms with van der Waals surface area (Å²) in [5.41, 5.74) is 0. The van der Waals surface area contributed by atoms with Crippen LogP contribution in [0.25, 0.3) is 0 Å². The second-order valence-corrected chi connectivity index (χ2v) is 8.47. The van der Waals surface area contributed by atoms with Crippen molar-refractivity contribution < 1.29 is 13.5 Å². The van der Waals surface area contributed by atoms with E-state index < -0.39 is 10.0 Å². The van der Waals surface area contributed by atoms with Crippen LogP contribution in [0.1, 0.15) is 52.4 Å². The van der Waals surface area contributed by atoms with E-state index >= 15 is 0 Å². The molecule has 4 nitrogen and oxygen atoms in total. The summed E-state index contributed by atoms with van der Waals surface area (Å²) in [6, 6.07) is 0.0408. The molecule has 0 aromatic carbocycles. The van der Waals surface area contributed by atoms with Crippen molar-refractivity contribution in [3.05, 3.63) is 0 Å². The molecule has 0 amide bonds. The molecule has 1 N–H and O–H groups in total. The van der Waals surface area contributed by atoms with Gasteiger partial charge in [0, 0.05) is 18.5 Å². The van der Waals surface area contributed by atoms with Gasteiger partial charge in [-0.15, -0.1) is 0 Å². The number of rotatable bonds is 4. The number of hydrogen-bond donors (Lipinski definition) is 1. The summed E-state index contributed by atoms with van der Waals surface area (Å²) in [6.45, 7) is 4.53. The predicted molar refractivity (Wildman–Crippen MR) is 76.3 cm³/mol. The van der Waals surface area contributed by atoms with E-state index in [1.54, 1.807) is 4.31 Å². The van der Waals surface area contributed by atoms with E-state index in [1.165, 1.54) is 0 Å². The highest BCUT2D eigenvalue weighted by Gasteiger charge is 2.41. The van der Waals surface area contributed by atoms with Crippen LogP contribution in [0.15, 0.2) is 0 Å². The van der Waals surface area contributed by atoms with Crippen LogP contribution in [0.5, 0.6) is 0 Å². The van der Waals surface area contributed by atoms with E-state index in [4.69, 9.17) is 0 Å². The molecule has 0 bridgehead atoms. The summed E-state index contributed by atoms with van der Waals surface area (Å²) in [5, 5.41) is 10.2. The van der Waals surface area contributed by atoms with Gasteiger partial charge in [0.1, 0.15) is 0 Å². The minimum absolute atomic E-state index is 0.0408. The van der Waals surface area contributed by atoms with Crippen molar-refractivity contribution in [1.29, 1.82) is 0 Å². The van der Waals surface area contributed by atoms with Crippen molar-refractivity contribution in [2.75, 3.05) is 12.3 Å². The highest BCUT2D eigenvalue weighted by Crippen LogP contribution is 2.36. The molecule has 1 heterocycles. The number of hydrogen-bond acceptors (Lipinski definition) is 3. The Hall–Kier alpha value is -0.130. The maximum absolute atomic E-state index is 12.4. The van der Waals surface area contributed by atoms with Crippen LogP contribution in [-0.2, 0) is 10.0 Å². The monoisotopic (exact) mass is 289 g/mol. The van der Waals surface area contributed by atoms with Gasteiger partial charge < -0.3 is 5.11 Å². The Balaban J connectivity index is 2.12. The molecule has 0 aromatic heterocycles. The Morgan fingerprint density at radius 1 is 1.16 bits per heavy atom. The van der Waals surface area contributed by atoms with Crippen LogP contribution in [-0.4, -0.2) is 42.3 Å². The average molecular weight is 289 g/mol. The minimum Gasteiger partial charge on any atom is -0.393 e. The van der Waals surface area contributed by atoms with Crippen molar-refractivity contribution in [1.82, 2.24) is 4.31 Å². The minimum atomic E-state index is -3.16. The SMILES string of the molecule is CC(C)CS(=O)(=O)N1CCCC1C1CCCCC1O. The predicted octanol–water partition coefficient (Wildman–Crippen LogP) is 1.99. The van der Waals surface area contributed by atoms with E-state index in [2.05, 4.69) is 0 Å². The molecule has 112 valence electrons. The molecule has 2 aliphatic rings. The molecule has 19 heavy (non-hydrogen) atoms. The van der Waals surface area contributed by atoms with Crippen molar-refractivity contribution in [3.8, 4) is 0 Å². The highest BCUT2D eigenvalue weighted by atomic mass is 32.2. The van der Waals surface area contributed by atoms with Crippen molar-refractivity contribution in [2.45, 2.75) is 64.5 Å². The molecule has 1 saturated heterocycles. The fourth-order valence-electron chi connectivity index (χ4n) is 3.64. The zero-order valence-corrected chi connectivity index (χ0v) is 12.9. The maximum Gasteiger partial charge on any atom is 0.214 e. The van der Waals surface area contributed by atoms with Crippen molar-refractivity contribution in [3.63, 3.8) is 0 Å². The van der Waals surface area contributed by atoms with Gasteiger partial charge in [-0.2, -0.15) is 4.31 Å². The first-order valence-corrected chi connectivity index (χ1v) is 9.20. The second-order valence-electron chi connectivity index (χ2n) is 6.51. The summed E-state index contributed by atoms with van der Waals surface area (Å²) >= 11 is 0. The lowest BCUT2D eigenvalue weighted by atomic mass is 9.81. The Morgan fingerprint density at radius 2 is 1.84 bits per heavy atom. The summed E-state index contributed by atoms with van der Waals surface area (Å²) in [5.74, 6) is 0.535. The molecule has 3 atom stereocenters. The van der Waals surface area contributed by atoms with Crippen LogP contribution >= 0.6 is 0 Å². The number of nitrogens with zero attached hydrogens (tertiary/aromatic N) is 1. The van der Waals surface area contributed by atoms with Gasteiger partial charge in [-0.25, -0.2) is 8.42 Å². The van der Waals surface area contributed by atoms with Crippen LogP contribution in [0.2, 0.25) is 0 Å². The Bertz CT molecular complexity index is 393. The van der Waals surface area contributed by atoms with Gasteiger partial charge in [-0.3, -0.25) is 0 Å². The zero-order chi connectivity index (χ0) is 14.0. The summed E-state index contributed by atoms with van der Waals surface area (Å²) in [6.07, 6.45) is 5.54. The first kappa shape index (κ1) is 15.3. The van der Waals surface area contributed by atoms with Crippen LogP contribution in [0, 0.1) is 11.8 Å². The van der Waals surface area contributed by atoms with Crippen LogP contribution in [0.3, 0.4) is 0 Å². The molecule has 5 heteroatoms. The molecule has 1 saturated carbocycles. The van der Waals surface area contributed by atoms with E-state index in [-0.39, 0.29) is 29.7 Å². The van der Waals surface area contributed by atoms with Crippen LogP contribution in [0.4, 0.5) is 0 Å². The van der Waals surface area contributed by atoms with Gasteiger partial charge in [0.2, 0.25) is 10.0 Å². The first-order valence-electron chi connectivity index (χ1n) is 7.59. The molecule has 2 rings (SSSR count). The number of aliphatic hydroxyl groups excluding tert-OH is 1. The van der Waals surface area contributed by atoms with Crippen LogP contribution < -0.4 is 0 Å². The molecule has 0 spiro atoms. The largest absolute Gasteiger partial charge is 0.393 e. The zero-order valence-electron chi connectivity index (χ0n) is 12.1. The van der Waals surface area contributed by atoms with Crippen molar-refractivity contribution in [2.24, 2.45) is 11.8 Å². The lowest BCUT2D eigenvalue weighted by Gasteiger charge is -2.36. The fraction of sp³-hybridized carbons (Fsp3) is 1.00. The molecule has 3 unspecified atom stereocenters. The number of sulfonamides is 1. The molecule has 1 aliphatic carbocycles. The van der Waals surface area contributed by atoms with Gasteiger partial charge in [0.15, 0.2) is 0 Å². The molecular weight excluding hydrogens is 262 g/mol. The highest BCUT2D eigenvalue weighted by molar-refractivity contribution is 7.89. The standard InChI is InChI=1S/C14H27NO3S/c1-11(2)10-19(17,18)15-9-5-7-13(15)12-6-3-4-8-14(12)16/h11-14,16H,3-10H2,1-2H3. The topological polar surface area (TPSA) is 57.6 Å². The van der Waals surface area contributed by atoms with E-state index in [9.17, 15) is 13.5 Å². The molecule has 0 radical (unpaired) electrons. The van der Waals surface area contributed by atoms with Gasteiger partial charge >= 0.3 is 0 Å².